The van der Waals surface area contributed by atoms with E-state index >= 15 is 0 Å². The molecule has 0 saturated carbocycles. The van der Waals surface area contributed by atoms with Gasteiger partial charge in [-0.15, -0.1) is 0 Å². The van der Waals surface area contributed by atoms with Gasteiger partial charge in [-0.2, -0.15) is 10.2 Å². The van der Waals surface area contributed by atoms with E-state index in [4.69, 9.17) is 4.52 Å². The Kier molecular flexibility index (Phi) is 5.11. The Hall–Kier alpha value is -3.49. The molecule has 0 spiro atoms. The quantitative estimate of drug-likeness (QED) is 0.525. The van der Waals surface area contributed by atoms with Crippen molar-refractivity contribution in [2.24, 2.45) is 0 Å². The van der Waals surface area contributed by atoms with Crippen LogP contribution in [0.4, 0.5) is 0 Å². The summed E-state index contributed by atoms with van der Waals surface area (Å²) in [6, 6.07) is 3.41. The fraction of sp³-hybridized carbons (Fsp3) is 0.381. The molecule has 4 aromatic rings. The molecular weight excluding hydrogens is 382 g/mol. The second-order valence-electron chi connectivity index (χ2n) is 7.28. The summed E-state index contributed by atoms with van der Waals surface area (Å²) in [4.78, 5) is 17.8. The predicted octanol–water partition coefficient (Wildman–Crippen LogP) is 3.43. The number of rotatable bonds is 6. The molecule has 0 unspecified atom stereocenters. The molecule has 0 aliphatic carbocycles. The van der Waals surface area contributed by atoms with Crippen LogP contribution in [-0.4, -0.2) is 35.6 Å². The molecule has 1 amide bonds. The minimum atomic E-state index is -0.221. The fourth-order valence-electron chi connectivity index (χ4n) is 3.55. The van der Waals surface area contributed by atoms with E-state index in [0.717, 1.165) is 24.3 Å². The maximum absolute atomic E-state index is 13.3. The predicted molar refractivity (Wildman–Crippen MR) is 112 cm³/mol. The minimum absolute atomic E-state index is 0.205. The largest absolute Gasteiger partial charge is 0.345 e. The molecule has 9 nitrogen and oxygen atoms in total. The number of fused-ring (bicyclic) bond motifs is 1. The van der Waals surface area contributed by atoms with Gasteiger partial charge in [-0.3, -0.25) is 14.2 Å². The van der Waals surface area contributed by atoms with E-state index in [0.29, 0.717) is 33.7 Å². The number of carbonyl (C=O) groups is 1. The highest BCUT2D eigenvalue weighted by atomic mass is 16.5. The molecule has 0 aromatic carbocycles. The van der Waals surface area contributed by atoms with Gasteiger partial charge in [0, 0.05) is 31.0 Å². The first-order chi connectivity index (χ1) is 14.4. The van der Waals surface area contributed by atoms with Crippen LogP contribution in [0.15, 0.2) is 29.0 Å². The van der Waals surface area contributed by atoms with Crippen molar-refractivity contribution in [3.05, 3.63) is 47.0 Å². The summed E-state index contributed by atoms with van der Waals surface area (Å²) < 4.78 is 9.05. The van der Waals surface area contributed by atoms with Crippen LogP contribution in [0.1, 0.15) is 54.1 Å². The van der Waals surface area contributed by atoms with E-state index in [1.165, 1.54) is 0 Å². The van der Waals surface area contributed by atoms with E-state index < -0.39 is 0 Å². The molecule has 0 aliphatic heterocycles. The number of amides is 1. The molecule has 1 N–H and O–H groups in total. The Morgan fingerprint density at radius 1 is 1.13 bits per heavy atom. The third kappa shape index (κ3) is 3.47. The molecule has 30 heavy (non-hydrogen) atoms. The summed E-state index contributed by atoms with van der Waals surface area (Å²) in [5.41, 5.74) is 4.54. The number of carbonyl (C=O) groups excluding carboxylic acids is 1. The SMILES string of the molecule is CCn1ccc(-c2cc(C(=O)N[C@H](C)c3cn(CC)nc3C)c3c(C)noc3n2)n1. The van der Waals surface area contributed by atoms with Gasteiger partial charge < -0.3 is 9.84 Å². The van der Waals surface area contributed by atoms with Crippen molar-refractivity contribution in [1.82, 2.24) is 35.0 Å². The smallest absolute Gasteiger partial charge is 0.259 e. The molecule has 4 aromatic heterocycles. The highest BCUT2D eigenvalue weighted by Crippen LogP contribution is 2.27. The summed E-state index contributed by atoms with van der Waals surface area (Å²) in [7, 11) is 0. The van der Waals surface area contributed by atoms with Crippen LogP contribution in [0.2, 0.25) is 0 Å². The zero-order valence-electron chi connectivity index (χ0n) is 17.8. The van der Waals surface area contributed by atoms with E-state index in [-0.39, 0.29) is 11.9 Å². The van der Waals surface area contributed by atoms with Gasteiger partial charge in [0.15, 0.2) is 0 Å². The van der Waals surface area contributed by atoms with E-state index in [1.807, 2.05) is 55.5 Å². The van der Waals surface area contributed by atoms with Crippen LogP contribution in [0, 0.1) is 13.8 Å². The number of pyridine rings is 1. The van der Waals surface area contributed by atoms with Gasteiger partial charge in [0.2, 0.25) is 0 Å². The average molecular weight is 407 g/mol. The first-order valence-corrected chi connectivity index (χ1v) is 10.1. The van der Waals surface area contributed by atoms with Gasteiger partial charge in [0.1, 0.15) is 5.69 Å². The van der Waals surface area contributed by atoms with Crippen LogP contribution in [-0.2, 0) is 13.1 Å². The van der Waals surface area contributed by atoms with Crippen molar-refractivity contribution in [1.29, 1.82) is 0 Å². The first-order valence-electron chi connectivity index (χ1n) is 10.1. The molecule has 9 heteroatoms. The summed E-state index contributed by atoms with van der Waals surface area (Å²) in [5, 5.41) is 16.7. The molecule has 4 rings (SSSR count). The summed E-state index contributed by atoms with van der Waals surface area (Å²) in [5.74, 6) is -0.221. The van der Waals surface area contributed by atoms with Crippen molar-refractivity contribution in [3.8, 4) is 11.4 Å². The lowest BCUT2D eigenvalue weighted by Crippen LogP contribution is -2.27. The maximum Gasteiger partial charge on any atom is 0.259 e. The molecule has 0 aliphatic rings. The van der Waals surface area contributed by atoms with Crippen molar-refractivity contribution in [3.63, 3.8) is 0 Å². The number of hydrogen-bond acceptors (Lipinski definition) is 6. The third-order valence-electron chi connectivity index (χ3n) is 5.21. The molecule has 0 radical (unpaired) electrons. The van der Waals surface area contributed by atoms with Gasteiger partial charge in [-0.05, 0) is 46.8 Å². The van der Waals surface area contributed by atoms with Crippen LogP contribution in [0.25, 0.3) is 22.5 Å². The van der Waals surface area contributed by atoms with Crippen LogP contribution >= 0.6 is 0 Å². The number of aryl methyl sites for hydroxylation is 4. The van der Waals surface area contributed by atoms with Crippen molar-refractivity contribution in [2.45, 2.75) is 53.8 Å². The lowest BCUT2D eigenvalue weighted by Gasteiger charge is -2.14. The molecule has 4 heterocycles. The standard InChI is InChI=1S/C21H25N7O2/c1-6-27-9-8-17(25-27)18-10-15(19-14(5)26-30-21(19)23-18)20(29)22-12(3)16-11-28(7-2)24-13(16)4/h8-12H,6-7H2,1-5H3,(H,22,29)/t12-/m1/s1. The zero-order valence-corrected chi connectivity index (χ0v) is 17.8. The van der Waals surface area contributed by atoms with Crippen LogP contribution in [0.3, 0.4) is 0 Å². The average Bonchev–Trinajstić information content (AvgIpc) is 3.45. The van der Waals surface area contributed by atoms with Crippen molar-refractivity contribution < 1.29 is 9.32 Å². The lowest BCUT2D eigenvalue weighted by molar-refractivity contribution is 0.0941. The van der Waals surface area contributed by atoms with Gasteiger partial charge in [0.25, 0.3) is 11.6 Å². The number of hydrogen-bond donors (Lipinski definition) is 1. The van der Waals surface area contributed by atoms with E-state index in [1.54, 1.807) is 13.0 Å². The molecule has 0 saturated heterocycles. The molecular formula is C21H25N7O2. The molecule has 0 fully saturated rings. The van der Waals surface area contributed by atoms with Crippen molar-refractivity contribution >= 4 is 17.0 Å². The summed E-state index contributed by atoms with van der Waals surface area (Å²) in [6.45, 7) is 11.3. The zero-order chi connectivity index (χ0) is 21.4. The highest BCUT2D eigenvalue weighted by molar-refractivity contribution is 6.07. The monoisotopic (exact) mass is 407 g/mol. The van der Waals surface area contributed by atoms with Crippen molar-refractivity contribution in [2.75, 3.05) is 0 Å². The Labute approximate surface area is 174 Å². The Bertz CT molecular complexity index is 1220. The fourth-order valence-corrected chi connectivity index (χ4v) is 3.55. The maximum atomic E-state index is 13.3. The molecule has 0 bridgehead atoms. The Balaban J connectivity index is 1.71. The van der Waals surface area contributed by atoms with Crippen LogP contribution in [0.5, 0.6) is 0 Å². The lowest BCUT2D eigenvalue weighted by atomic mass is 10.1. The van der Waals surface area contributed by atoms with Gasteiger partial charge in [0.05, 0.1) is 34.1 Å². The number of nitrogens with one attached hydrogen (secondary N) is 1. The highest BCUT2D eigenvalue weighted by Gasteiger charge is 2.22. The number of aromatic nitrogens is 6. The van der Waals surface area contributed by atoms with E-state index in [9.17, 15) is 4.79 Å². The summed E-state index contributed by atoms with van der Waals surface area (Å²) >= 11 is 0. The summed E-state index contributed by atoms with van der Waals surface area (Å²) in [6.07, 6.45) is 3.85. The Morgan fingerprint density at radius 3 is 2.57 bits per heavy atom. The minimum Gasteiger partial charge on any atom is -0.345 e. The third-order valence-corrected chi connectivity index (χ3v) is 5.21. The van der Waals surface area contributed by atoms with E-state index in [2.05, 4.69) is 25.7 Å². The molecule has 1 atom stereocenters. The van der Waals surface area contributed by atoms with Gasteiger partial charge in [-0.25, -0.2) is 4.98 Å². The first kappa shape index (κ1) is 19.8. The van der Waals surface area contributed by atoms with Gasteiger partial charge in [-0.1, -0.05) is 5.16 Å². The Morgan fingerprint density at radius 2 is 1.90 bits per heavy atom. The normalized spacial score (nSPS) is 12.4. The second kappa shape index (κ2) is 7.74. The van der Waals surface area contributed by atoms with Gasteiger partial charge >= 0.3 is 0 Å². The van der Waals surface area contributed by atoms with Crippen LogP contribution < -0.4 is 5.32 Å². The number of nitrogens with zero attached hydrogens (tertiary/aromatic N) is 6. The second-order valence-corrected chi connectivity index (χ2v) is 7.28. The molecule has 156 valence electrons. The topological polar surface area (TPSA) is 104 Å².